The monoisotopic (exact) mass is 332 g/mol. The molecule has 0 aliphatic heterocycles. The van der Waals surface area contributed by atoms with Crippen molar-refractivity contribution in [2.24, 2.45) is 0 Å². The van der Waals surface area contributed by atoms with Gasteiger partial charge in [0.25, 0.3) is 5.56 Å². The SMILES string of the molecule is Cc1c(N)cn(Cc2cn3ccccc3n2)c(=O)c1Br. The van der Waals surface area contributed by atoms with Gasteiger partial charge in [-0.1, -0.05) is 6.07 Å². The van der Waals surface area contributed by atoms with Crippen LogP contribution >= 0.6 is 15.9 Å². The van der Waals surface area contributed by atoms with Crippen LogP contribution in [0.1, 0.15) is 11.3 Å². The predicted octanol–water partition coefficient (Wildman–Crippen LogP) is 2.20. The number of fused-ring (bicyclic) bond motifs is 1. The van der Waals surface area contributed by atoms with Gasteiger partial charge in [-0.3, -0.25) is 4.79 Å². The molecular formula is C14H13BrN4O. The number of nitrogens with zero attached hydrogens (tertiary/aromatic N) is 3. The minimum Gasteiger partial charge on any atom is -0.397 e. The second-order valence-corrected chi connectivity index (χ2v) is 5.45. The molecule has 0 saturated carbocycles. The van der Waals surface area contributed by atoms with Crippen LogP contribution in [0.25, 0.3) is 5.65 Å². The van der Waals surface area contributed by atoms with E-state index in [9.17, 15) is 4.79 Å². The summed E-state index contributed by atoms with van der Waals surface area (Å²) < 4.78 is 3.99. The largest absolute Gasteiger partial charge is 0.397 e. The zero-order valence-corrected chi connectivity index (χ0v) is 12.5. The summed E-state index contributed by atoms with van der Waals surface area (Å²) in [5.74, 6) is 0. The Kier molecular flexibility index (Phi) is 3.10. The summed E-state index contributed by atoms with van der Waals surface area (Å²) in [6, 6.07) is 5.79. The maximum atomic E-state index is 12.2. The summed E-state index contributed by atoms with van der Waals surface area (Å²) in [6.07, 6.45) is 5.49. The summed E-state index contributed by atoms with van der Waals surface area (Å²) in [5.41, 5.74) is 8.82. The van der Waals surface area contributed by atoms with E-state index in [4.69, 9.17) is 5.73 Å². The number of hydrogen-bond donors (Lipinski definition) is 1. The maximum Gasteiger partial charge on any atom is 0.265 e. The molecule has 0 spiro atoms. The van der Waals surface area contributed by atoms with Gasteiger partial charge >= 0.3 is 0 Å². The van der Waals surface area contributed by atoms with Gasteiger partial charge in [0.1, 0.15) is 5.65 Å². The lowest BCUT2D eigenvalue weighted by atomic mass is 10.2. The highest BCUT2D eigenvalue weighted by Crippen LogP contribution is 2.17. The van der Waals surface area contributed by atoms with Crippen molar-refractivity contribution in [3.63, 3.8) is 0 Å². The molecular weight excluding hydrogens is 320 g/mol. The molecule has 5 nitrogen and oxygen atoms in total. The Morgan fingerprint density at radius 3 is 2.90 bits per heavy atom. The number of nitrogen functional groups attached to an aromatic ring is 1. The van der Waals surface area contributed by atoms with E-state index in [0.29, 0.717) is 16.7 Å². The number of nitrogens with two attached hydrogens (primary N) is 1. The summed E-state index contributed by atoms with van der Waals surface area (Å²) >= 11 is 3.29. The minimum absolute atomic E-state index is 0.103. The van der Waals surface area contributed by atoms with Gasteiger partial charge < -0.3 is 14.7 Å². The average molecular weight is 333 g/mol. The Balaban J connectivity index is 2.05. The normalized spacial score (nSPS) is 11.1. The van der Waals surface area contributed by atoms with Crippen molar-refractivity contribution in [2.75, 3.05) is 5.73 Å². The Labute approximate surface area is 123 Å². The van der Waals surface area contributed by atoms with Crippen LogP contribution in [0.3, 0.4) is 0 Å². The van der Waals surface area contributed by atoms with E-state index in [2.05, 4.69) is 20.9 Å². The highest BCUT2D eigenvalue weighted by Gasteiger charge is 2.10. The van der Waals surface area contributed by atoms with E-state index in [1.807, 2.05) is 41.9 Å². The Morgan fingerprint density at radius 1 is 1.35 bits per heavy atom. The molecule has 0 amide bonds. The number of halogens is 1. The molecule has 3 heterocycles. The van der Waals surface area contributed by atoms with Gasteiger partial charge in [0.05, 0.1) is 22.4 Å². The van der Waals surface area contributed by atoms with E-state index in [1.165, 1.54) is 0 Å². The zero-order chi connectivity index (χ0) is 14.3. The molecule has 0 atom stereocenters. The third kappa shape index (κ3) is 2.12. The van der Waals surface area contributed by atoms with E-state index in [-0.39, 0.29) is 5.56 Å². The molecule has 102 valence electrons. The van der Waals surface area contributed by atoms with Crippen LogP contribution in [0.2, 0.25) is 0 Å². The van der Waals surface area contributed by atoms with E-state index in [0.717, 1.165) is 16.9 Å². The molecule has 0 aromatic carbocycles. The fraction of sp³-hybridized carbons (Fsp3) is 0.143. The fourth-order valence-electron chi connectivity index (χ4n) is 2.09. The van der Waals surface area contributed by atoms with Crippen LogP contribution in [0, 0.1) is 6.92 Å². The first-order chi connectivity index (χ1) is 9.56. The lowest BCUT2D eigenvalue weighted by molar-refractivity contribution is 0.740. The highest BCUT2D eigenvalue weighted by molar-refractivity contribution is 9.10. The molecule has 3 aromatic rings. The second kappa shape index (κ2) is 4.79. The predicted molar refractivity (Wildman–Crippen MR) is 81.8 cm³/mol. The molecule has 6 heteroatoms. The Bertz CT molecular complexity index is 817. The van der Waals surface area contributed by atoms with Gasteiger partial charge in [-0.15, -0.1) is 0 Å². The molecule has 0 radical (unpaired) electrons. The quantitative estimate of drug-likeness (QED) is 0.782. The molecule has 0 bridgehead atoms. The number of imidazole rings is 1. The average Bonchev–Trinajstić information content (AvgIpc) is 2.84. The zero-order valence-electron chi connectivity index (χ0n) is 10.9. The van der Waals surface area contributed by atoms with Gasteiger partial charge in [0.2, 0.25) is 0 Å². The van der Waals surface area contributed by atoms with Crippen LogP contribution in [-0.2, 0) is 6.54 Å². The number of anilines is 1. The summed E-state index contributed by atoms with van der Waals surface area (Å²) in [4.78, 5) is 16.7. The smallest absolute Gasteiger partial charge is 0.265 e. The first kappa shape index (κ1) is 12.9. The topological polar surface area (TPSA) is 65.3 Å². The van der Waals surface area contributed by atoms with Crippen LogP contribution in [-0.4, -0.2) is 14.0 Å². The van der Waals surface area contributed by atoms with Crippen molar-refractivity contribution in [1.29, 1.82) is 0 Å². The minimum atomic E-state index is -0.103. The van der Waals surface area contributed by atoms with Gasteiger partial charge in [-0.25, -0.2) is 4.98 Å². The van der Waals surface area contributed by atoms with Gasteiger partial charge in [-0.05, 0) is 40.5 Å². The van der Waals surface area contributed by atoms with E-state index in [1.54, 1.807) is 10.8 Å². The highest BCUT2D eigenvalue weighted by atomic mass is 79.9. The molecule has 2 N–H and O–H groups in total. The van der Waals surface area contributed by atoms with Crippen molar-refractivity contribution in [1.82, 2.24) is 14.0 Å². The summed E-state index contributed by atoms with van der Waals surface area (Å²) in [6.45, 7) is 2.21. The first-order valence-electron chi connectivity index (χ1n) is 6.14. The molecule has 0 saturated heterocycles. The van der Waals surface area contributed by atoms with Crippen LogP contribution in [0.5, 0.6) is 0 Å². The Hall–Kier alpha value is -2.08. The van der Waals surface area contributed by atoms with E-state index < -0.39 is 0 Å². The third-order valence-corrected chi connectivity index (χ3v) is 4.19. The molecule has 0 fully saturated rings. The number of rotatable bonds is 2. The van der Waals surface area contributed by atoms with Crippen molar-refractivity contribution >= 4 is 27.3 Å². The molecule has 3 aromatic heterocycles. The Morgan fingerprint density at radius 2 is 2.15 bits per heavy atom. The van der Waals surface area contributed by atoms with Gasteiger partial charge in [0, 0.05) is 18.6 Å². The van der Waals surface area contributed by atoms with Crippen molar-refractivity contribution in [3.05, 3.63) is 62.9 Å². The molecule has 0 aliphatic rings. The maximum absolute atomic E-state index is 12.2. The summed E-state index contributed by atoms with van der Waals surface area (Å²) in [5, 5.41) is 0. The first-order valence-corrected chi connectivity index (χ1v) is 6.93. The third-order valence-electron chi connectivity index (χ3n) is 3.25. The van der Waals surface area contributed by atoms with Crippen LogP contribution < -0.4 is 11.3 Å². The van der Waals surface area contributed by atoms with Crippen LogP contribution in [0.4, 0.5) is 5.69 Å². The standard InChI is InChI=1S/C14H13BrN4O/c1-9-11(16)8-19(14(20)13(9)15)7-10-6-18-5-3-2-4-12(18)17-10/h2-6,8H,7,16H2,1H3. The molecule has 0 aliphatic carbocycles. The van der Waals surface area contributed by atoms with Gasteiger partial charge in [0.15, 0.2) is 0 Å². The van der Waals surface area contributed by atoms with Crippen LogP contribution in [0.15, 0.2) is 46.1 Å². The fourth-order valence-corrected chi connectivity index (χ4v) is 2.55. The molecule has 20 heavy (non-hydrogen) atoms. The molecule has 0 unspecified atom stereocenters. The van der Waals surface area contributed by atoms with Crippen molar-refractivity contribution < 1.29 is 0 Å². The molecule has 3 rings (SSSR count). The van der Waals surface area contributed by atoms with E-state index >= 15 is 0 Å². The second-order valence-electron chi connectivity index (χ2n) is 4.65. The number of hydrogen-bond acceptors (Lipinski definition) is 3. The van der Waals surface area contributed by atoms with Gasteiger partial charge in [-0.2, -0.15) is 0 Å². The van der Waals surface area contributed by atoms with Crippen molar-refractivity contribution in [2.45, 2.75) is 13.5 Å². The number of aromatic nitrogens is 3. The van der Waals surface area contributed by atoms with Crippen molar-refractivity contribution in [3.8, 4) is 0 Å². The lowest BCUT2D eigenvalue weighted by Crippen LogP contribution is -2.22. The number of pyridine rings is 2. The lowest BCUT2D eigenvalue weighted by Gasteiger charge is -2.08. The summed E-state index contributed by atoms with van der Waals surface area (Å²) in [7, 11) is 0.